The van der Waals surface area contributed by atoms with Crippen LogP contribution in [0, 0.1) is 6.92 Å². The van der Waals surface area contributed by atoms with E-state index in [1.807, 2.05) is 24.4 Å². The molecule has 0 aliphatic carbocycles. The maximum Gasteiger partial charge on any atom is 0.251 e. The van der Waals surface area contributed by atoms with Crippen LogP contribution in [0.25, 0.3) is 22.8 Å². The lowest BCUT2D eigenvalue weighted by molar-refractivity contribution is 0.296. The van der Waals surface area contributed by atoms with Crippen molar-refractivity contribution in [3.8, 4) is 22.8 Å². The smallest absolute Gasteiger partial charge is 0.251 e. The van der Waals surface area contributed by atoms with E-state index in [2.05, 4.69) is 45.8 Å². The number of benzene rings is 1. The third-order valence-electron chi connectivity index (χ3n) is 4.12. The van der Waals surface area contributed by atoms with Gasteiger partial charge in [0.05, 0.1) is 10.7 Å². The molecule has 130 valence electrons. The Bertz CT molecular complexity index is 912. The number of H-pyrrole nitrogens is 1. The van der Waals surface area contributed by atoms with E-state index in [0.29, 0.717) is 11.5 Å². The van der Waals surface area contributed by atoms with Crippen molar-refractivity contribution in [2.75, 3.05) is 13.1 Å². The first-order valence-corrected chi connectivity index (χ1v) is 9.32. The highest BCUT2D eigenvalue weighted by Gasteiger charge is 2.10. The van der Waals surface area contributed by atoms with Gasteiger partial charge in [0.1, 0.15) is 11.5 Å². The maximum absolute atomic E-state index is 12.1. The Morgan fingerprint density at radius 2 is 1.92 bits per heavy atom. The Morgan fingerprint density at radius 1 is 1.12 bits per heavy atom. The number of hydrogen-bond acceptors (Lipinski definition) is 5. The van der Waals surface area contributed by atoms with Gasteiger partial charge in [-0.3, -0.25) is 9.69 Å². The summed E-state index contributed by atoms with van der Waals surface area (Å²) in [6, 6.07) is 9.67. The minimum absolute atomic E-state index is 0.167. The van der Waals surface area contributed by atoms with Gasteiger partial charge in [0.15, 0.2) is 0 Å². The molecule has 0 amide bonds. The van der Waals surface area contributed by atoms with Crippen LogP contribution in [0.4, 0.5) is 0 Å². The number of nitrogens with one attached hydrogen (secondary N) is 1. The number of rotatable bonds is 6. The minimum Gasteiger partial charge on any atom is -0.306 e. The van der Waals surface area contributed by atoms with Gasteiger partial charge in [0, 0.05) is 23.6 Å². The number of aryl methyl sites for hydroxylation is 1. The second-order valence-electron chi connectivity index (χ2n) is 5.89. The fraction of sp³-hybridized carbons (Fsp3) is 0.316. The molecular formula is C19H22N4OS. The molecule has 2 aromatic heterocycles. The minimum atomic E-state index is -0.167. The van der Waals surface area contributed by atoms with E-state index in [1.165, 1.54) is 11.6 Å². The molecule has 2 heterocycles. The van der Waals surface area contributed by atoms with Crippen LogP contribution in [-0.2, 0) is 6.54 Å². The number of thiazole rings is 1. The van der Waals surface area contributed by atoms with Crippen LogP contribution in [0.5, 0.6) is 0 Å². The quantitative estimate of drug-likeness (QED) is 0.733. The molecular weight excluding hydrogens is 332 g/mol. The van der Waals surface area contributed by atoms with Crippen LogP contribution >= 0.6 is 11.3 Å². The van der Waals surface area contributed by atoms with Crippen molar-refractivity contribution in [2.45, 2.75) is 27.3 Å². The zero-order chi connectivity index (χ0) is 17.8. The van der Waals surface area contributed by atoms with Crippen molar-refractivity contribution < 1.29 is 0 Å². The second kappa shape index (κ2) is 7.72. The van der Waals surface area contributed by atoms with Crippen molar-refractivity contribution in [3.05, 3.63) is 56.6 Å². The monoisotopic (exact) mass is 354 g/mol. The predicted octanol–water partition coefficient (Wildman–Crippen LogP) is 3.71. The van der Waals surface area contributed by atoms with Gasteiger partial charge in [-0.15, -0.1) is 11.3 Å². The lowest BCUT2D eigenvalue weighted by Gasteiger charge is -2.18. The highest BCUT2D eigenvalue weighted by atomic mass is 32.1. The van der Waals surface area contributed by atoms with Crippen molar-refractivity contribution >= 4 is 11.3 Å². The molecule has 0 fully saturated rings. The van der Waals surface area contributed by atoms with Gasteiger partial charge < -0.3 is 4.98 Å². The van der Waals surface area contributed by atoms with Crippen molar-refractivity contribution in [2.24, 2.45) is 0 Å². The summed E-state index contributed by atoms with van der Waals surface area (Å²) >= 11 is 1.55. The molecule has 5 nitrogen and oxygen atoms in total. The molecule has 0 bridgehead atoms. The first kappa shape index (κ1) is 17.5. The molecule has 25 heavy (non-hydrogen) atoms. The lowest BCUT2D eigenvalue weighted by atomic mass is 10.1. The molecule has 1 N–H and O–H groups in total. The molecule has 0 atom stereocenters. The van der Waals surface area contributed by atoms with E-state index in [9.17, 15) is 4.79 Å². The standard InChI is InChI=1S/C19H22N4OS/c1-4-23(5-2)11-14-7-6-8-15(9-14)19-21-16(10-18(24)22-19)17-12-25-13(3)20-17/h6-10,12H,4-5,11H2,1-3H3,(H,21,22,24). The molecule has 0 saturated carbocycles. The largest absolute Gasteiger partial charge is 0.306 e. The van der Waals surface area contributed by atoms with Crippen LogP contribution in [0.15, 0.2) is 40.5 Å². The van der Waals surface area contributed by atoms with Crippen molar-refractivity contribution in [1.82, 2.24) is 19.9 Å². The molecule has 3 aromatic rings. The summed E-state index contributed by atoms with van der Waals surface area (Å²) in [4.78, 5) is 26.3. The molecule has 6 heteroatoms. The molecule has 3 rings (SSSR count). The maximum atomic E-state index is 12.1. The van der Waals surface area contributed by atoms with Crippen molar-refractivity contribution in [3.63, 3.8) is 0 Å². The summed E-state index contributed by atoms with van der Waals surface area (Å²) in [6.45, 7) is 9.16. The summed E-state index contributed by atoms with van der Waals surface area (Å²) in [5.74, 6) is 0.578. The molecule has 0 unspecified atom stereocenters. The summed E-state index contributed by atoms with van der Waals surface area (Å²) in [5, 5.41) is 2.89. The predicted molar refractivity (Wildman–Crippen MR) is 103 cm³/mol. The number of hydrogen-bond donors (Lipinski definition) is 1. The van der Waals surface area contributed by atoms with Gasteiger partial charge in [-0.05, 0) is 31.6 Å². The summed E-state index contributed by atoms with van der Waals surface area (Å²) < 4.78 is 0. The lowest BCUT2D eigenvalue weighted by Crippen LogP contribution is -2.22. The average molecular weight is 354 g/mol. The number of aromatic amines is 1. The molecule has 0 spiro atoms. The van der Waals surface area contributed by atoms with Crippen LogP contribution in [0.3, 0.4) is 0 Å². The molecule has 0 aliphatic heterocycles. The summed E-state index contributed by atoms with van der Waals surface area (Å²) in [5.41, 5.74) is 3.31. The van der Waals surface area contributed by atoms with Crippen LogP contribution in [0.1, 0.15) is 24.4 Å². The van der Waals surface area contributed by atoms with Crippen LogP contribution in [0.2, 0.25) is 0 Å². The number of nitrogens with zero attached hydrogens (tertiary/aromatic N) is 3. The van der Waals surface area contributed by atoms with Gasteiger partial charge in [0.25, 0.3) is 5.56 Å². The number of aromatic nitrogens is 3. The Balaban J connectivity index is 1.96. The fourth-order valence-electron chi connectivity index (χ4n) is 2.73. The van der Waals surface area contributed by atoms with E-state index in [1.54, 1.807) is 11.3 Å². The summed E-state index contributed by atoms with van der Waals surface area (Å²) in [6.07, 6.45) is 0. The molecule has 0 radical (unpaired) electrons. The topological polar surface area (TPSA) is 61.9 Å². The van der Waals surface area contributed by atoms with Crippen molar-refractivity contribution in [1.29, 1.82) is 0 Å². The Hall–Kier alpha value is -2.31. The van der Waals surface area contributed by atoms with E-state index in [4.69, 9.17) is 0 Å². The first-order valence-electron chi connectivity index (χ1n) is 8.44. The highest BCUT2D eigenvalue weighted by molar-refractivity contribution is 7.09. The first-order chi connectivity index (χ1) is 12.1. The SMILES string of the molecule is CCN(CC)Cc1cccc(-c2nc(-c3csc(C)n3)cc(=O)[nH]2)c1. The van der Waals surface area contributed by atoms with E-state index < -0.39 is 0 Å². The van der Waals surface area contributed by atoms with Gasteiger partial charge >= 0.3 is 0 Å². The summed E-state index contributed by atoms with van der Waals surface area (Å²) in [7, 11) is 0. The normalized spacial score (nSPS) is 11.2. The third kappa shape index (κ3) is 4.21. The fourth-order valence-corrected chi connectivity index (χ4v) is 3.34. The van der Waals surface area contributed by atoms with E-state index in [0.717, 1.165) is 35.9 Å². The zero-order valence-electron chi connectivity index (χ0n) is 14.7. The Morgan fingerprint density at radius 3 is 2.60 bits per heavy atom. The molecule has 0 saturated heterocycles. The molecule has 0 aliphatic rings. The molecule has 1 aromatic carbocycles. The van der Waals surface area contributed by atoms with E-state index in [-0.39, 0.29) is 5.56 Å². The Kier molecular flexibility index (Phi) is 5.40. The van der Waals surface area contributed by atoms with Crippen LogP contribution < -0.4 is 5.56 Å². The second-order valence-corrected chi connectivity index (χ2v) is 6.95. The highest BCUT2D eigenvalue weighted by Crippen LogP contribution is 2.22. The van der Waals surface area contributed by atoms with Crippen LogP contribution in [-0.4, -0.2) is 32.9 Å². The van der Waals surface area contributed by atoms with Gasteiger partial charge in [-0.2, -0.15) is 0 Å². The van der Waals surface area contributed by atoms with Gasteiger partial charge in [0.2, 0.25) is 0 Å². The Labute approximate surface area is 151 Å². The zero-order valence-corrected chi connectivity index (χ0v) is 15.6. The average Bonchev–Trinajstić information content (AvgIpc) is 3.06. The van der Waals surface area contributed by atoms with Gasteiger partial charge in [-0.25, -0.2) is 9.97 Å². The van der Waals surface area contributed by atoms with Gasteiger partial charge in [-0.1, -0.05) is 32.0 Å². The third-order valence-corrected chi connectivity index (χ3v) is 4.90. The van der Waals surface area contributed by atoms with E-state index >= 15 is 0 Å².